The van der Waals surface area contributed by atoms with Crippen molar-refractivity contribution in [2.45, 2.75) is 6.61 Å². The molecule has 0 bridgehead atoms. The van der Waals surface area contributed by atoms with Crippen LogP contribution in [0, 0.1) is 20.2 Å². The number of rotatable bonds is 7. The molecular formula is C21H16N2O5. The molecule has 0 amide bonds. The molecule has 7 heteroatoms. The van der Waals surface area contributed by atoms with E-state index < -0.39 is 9.85 Å². The first-order valence-electron chi connectivity index (χ1n) is 8.40. The fourth-order valence-corrected chi connectivity index (χ4v) is 2.55. The lowest BCUT2D eigenvalue weighted by molar-refractivity contribution is -0.394. The molecule has 0 atom stereocenters. The van der Waals surface area contributed by atoms with Gasteiger partial charge in [-0.25, -0.2) is 0 Å². The van der Waals surface area contributed by atoms with Crippen LogP contribution >= 0.6 is 0 Å². The number of non-ortho nitro benzene ring substituents is 1. The van der Waals surface area contributed by atoms with Gasteiger partial charge in [-0.1, -0.05) is 48.5 Å². The van der Waals surface area contributed by atoms with Gasteiger partial charge in [0.05, 0.1) is 21.5 Å². The van der Waals surface area contributed by atoms with Crippen LogP contribution in [0.1, 0.15) is 16.7 Å². The standard InChI is InChI=1S/C21H16N2O5/c24-22(25)19-11-10-18(21(14-19)23(26)27)9-6-16-7-12-20(13-8-16)28-15-17-4-2-1-3-5-17/h1-14H,15H2. The molecule has 0 aliphatic rings. The van der Waals surface area contributed by atoms with Crippen molar-refractivity contribution >= 4 is 23.5 Å². The van der Waals surface area contributed by atoms with Crippen molar-refractivity contribution < 1.29 is 14.6 Å². The van der Waals surface area contributed by atoms with Gasteiger partial charge >= 0.3 is 0 Å². The number of benzene rings is 3. The zero-order chi connectivity index (χ0) is 19.9. The maximum absolute atomic E-state index is 11.2. The zero-order valence-electron chi connectivity index (χ0n) is 14.7. The van der Waals surface area contributed by atoms with Crippen LogP contribution in [-0.4, -0.2) is 9.85 Å². The molecule has 0 heterocycles. The monoisotopic (exact) mass is 376 g/mol. The molecule has 3 aromatic rings. The molecule has 7 nitrogen and oxygen atoms in total. The van der Waals surface area contributed by atoms with Gasteiger partial charge in [-0.3, -0.25) is 20.2 Å². The molecule has 0 aromatic heterocycles. The third kappa shape index (κ3) is 4.79. The second kappa shape index (κ2) is 8.59. The molecular weight excluding hydrogens is 360 g/mol. The Labute approximate surface area is 160 Å². The fourth-order valence-electron chi connectivity index (χ4n) is 2.55. The predicted octanol–water partition coefficient (Wildman–Crippen LogP) is 5.25. The Bertz CT molecular complexity index is 1010. The van der Waals surface area contributed by atoms with E-state index in [4.69, 9.17) is 4.74 Å². The van der Waals surface area contributed by atoms with Crippen LogP contribution in [0.5, 0.6) is 5.75 Å². The van der Waals surface area contributed by atoms with E-state index in [1.54, 1.807) is 12.2 Å². The van der Waals surface area contributed by atoms with Gasteiger partial charge in [0.25, 0.3) is 11.4 Å². The molecule has 3 aromatic carbocycles. The van der Waals surface area contributed by atoms with Gasteiger partial charge in [0, 0.05) is 6.07 Å². The van der Waals surface area contributed by atoms with Gasteiger partial charge < -0.3 is 4.74 Å². The highest BCUT2D eigenvalue weighted by Crippen LogP contribution is 2.26. The molecule has 3 rings (SSSR count). The SMILES string of the molecule is O=[N+]([O-])c1ccc(C=Cc2ccc(OCc3ccccc3)cc2)c([N+](=O)[O-])c1. The minimum absolute atomic E-state index is 0.292. The molecule has 0 saturated heterocycles. The summed E-state index contributed by atoms with van der Waals surface area (Å²) in [6.07, 6.45) is 3.26. The van der Waals surface area contributed by atoms with E-state index in [1.165, 1.54) is 12.1 Å². The van der Waals surface area contributed by atoms with E-state index in [9.17, 15) is 20.2 Å². The highest BCUT2D eigenvalue weighted by molar-refractivity contribution is 5.75. The third-order valence-corrected chi connectivity index (χ3v) is 4.01. The highest BCUT2D eigenvalue weighted by Gasteiger charge is 2.17. The lowest BCUT2D eigenvalue weighted by Gasteiger charge is -2.06. The molecule has 0 saturated carbocycles. The number of ether oxygens (including phenoxy) is 1. The number of nitrogens with zero attached hydrogens (tertiary/aromatic N) is 2. The summed E-state index contributed by atoms with van der Waals surface area (Å²) in [6, 6.07) is 20.6. The van der Waals surface area contributed by atoms with Crippen LogP contribution in [0.4, 0.5) is 11.4 Å². The average molecular weight is 376 g/mol. The molecule has 0 aliphatic carbocycles. The molecule has 0 unspecified atom stereocenters. The van der Waals surface area contributed by atoms with E-state index >= 15 is 0 Å². The molecule has 28 heavy (non-hydrogen) atoms. The predicted molar refractivity (Wildman–Crippen MR) is 106 cm³/mol. The van der Waals surface area contributed by atoms with Gasteiger partial charge in [0.1, 0.15) is 12.4 Å². The zero-order valence-corrected chi connectivity index (χ0v) is 14.7. The van der Waals surface area contributed by atoms with Crippen molar-refractivity contribution in [2.75, 3.05) is 0 Å². The van der Waals surface area contributed by atoms with Gasteiger partial charge in [-0.2, -0.15) is 0 Å². The summed E-state index contributed by atoms with van der Waals surface area (Å²) in [5.74, 6) is 0.710. The van der Waals surface area contributed by atoms with Gasteiger partial charge in [0.2, 0.25) is 0 Å². The van der Waals surface area contributed by atoms with Gasteiger partial charge in [-0.15, -0.1) is 0 Å². The second-order valence-electron chi connectivity index (χ2n) is 5.93. The minimum atomic E-state index is -0.658. The third-order valence-electron chi connectivity index (χ3n) is 4.01. The van der Waals surface area contributed by atoms with E-state index in [-0.39, 0.29) is 11.4 Å². The van der Waals surface area contributed by atoms with Crippen LogP contribution in [0.2, 0.25) is 0 Å². The van der Waals surface area contributed by atoms with E-state index in [1.807, 2.05) is 54.6 Å². The lowest BCUT2D eigenvalue weighted by atomic mass is 10.1. The van der Waals surface area contributed by atoms with Crippen LogP contribution in [0.15, 0.2) is 72.8 Å². The summed E-state index contributed by atoms with van der Waals surface area (Å²) in [4.78, 5) is 20.7. The maximum atomic E-state index is 11.2. The van der Waals surface area contributed by atoms with Crippen LogP contribution in [0.3, 0.4) is 0 Å². The van der Waals surface area contributed by atoms with E-state index in [0.717, 1.165) is 17.2 Å². The molecule has 0 aliphatic heterocycles. The first-order chi connectivity index (χ1) is 13.5. The maximum Gasteiger partial charge on any atom is 0.283 e. The Morgan fingerprint density at radius 1 is 0.821 bits per heavy atom. The van der Waals surface area contributed by atoms with Gasteiger partial charge in [-0.05, 0) is 35.4 Å². The lowest BCUT2D eigenvalue weighted by Crippen LogP contribution is -1.95. The van der Waals surface area contributed by atoms with Crippen molar-refractivity contribution in [3.05, 3.63) is 110 Å². The summed E-state index contributed by atoms with van der Waals surface area (Å²) in [5.41, 5.74) is 1.55. The Kier molecular flexibility index (Phi) is 5.76. The van der Waals surface area contributed by atoms with Crippen molar-refractivity contribution in [1.82, 2.24) is 0 Å². The quantitative estimate of drug-likeness (QED) is 0.319. The summed E-state index contributed by atoms with van der Waals surface area (Å²) in [6.45, 7) is 0.463. The highest BCUT2D eigenvalue weighted by atomic mass is 16.6. The first-order valence-corrected chi connectivity index (χ1v) is 8.40. The molecule has 0 radical (unpaired) electrons. The Hall–Kier alpha value is -4.00. The number of hydrogen-bond acceptors (Lipinski definition) is 5. The smallest absolute Gasteiger partial charge is 0.283 e. The van der Waals surface area contributed by atoms with Crippen molar-refractivity contribution in [3.63, 3.8) is 0 Å². The average Bonchev–Trinajstić information content (AvgIpc) is 2.72. The van der Waals surface area contributed by atoms with Crippen molar-refractivity contribution in [1.29, 1.82) is 0 Å². The van der Waals surface area contributed by atoms with Crippen LogP contribution in [0.25, 0.3) is 12.2 Å². The van der Waals surface area contributed by atoms with E-state index in [2.05, 4.69) is 0 Å². The Morgan fingerprint density at radius 2 is 1.54 bits per heavy atom. The van der Waals surface area contributed by atoms with Crippen LogP contribution in [-0.2, 0) is 6.61 Å². The number of nitro benzene ring substituents is 2. The van der Waals surface area contributed by atoms with E-state index in [0.29, 0.717) is 17.9 Å². The Balaban J connectivity index is 1.70. The minimum Gasteiger partial charge on any atom is -0.489 e. The van der Waals surface area contributed by atoms with Gasteiger partial charge in [0.15, 0.2) is 0 Å². The number of nitro groups is 2. The van der Waals surface area contributed by atoms with Crippen molar-refractivity contribution in [3.8, 4) is 5.75 Å². The number of hydrogen-bond donors (Lipinski definition) is 0. The second-order valence-corrected chi connectivity index (χ2v) is 5.93. The Morgan fingerprint density at radius 3 is 2.18 bits per heavy atom. The summed E-state index contributed by atoms with van der Waals surface area (Å²) in [7, 11) is 0. The molecule has 0 fully saturated rings. The largest absolute Gasteiger partial charge is 0.489 e. The normalized spacial score (nSPS) is 10.7. The fraction of sp³-hybridized carbons (Fsp3) is 0.0476. The molecule has 140 valence electrons. The topological polar surface area (TPSA) is 95.5 Å². The summed E-state index contributed by atoms with van der Waals surface area (Å²) < 4.78 is 5.72. The summed E-state index contributed by atoms with van der Waals surface area (Å²) in [5, 5.41) is 22.0. The summed E-state index contributed by atoms with van der Waals surface area (Å²) >= 11 is 0. The van der Waals surface area contributed by atoms with Crippen molar-refractivity contribution in [2.24, 2.45) is 0 Å². The molecule has 0 N–H and O–H groups in total. The molecule has 0 spiro atoms. The first kappa shape index (κ1) is 18.8. The van der Waals surface area contributed by atoms with Crippen LogP contribution < -0.4 is 4.74 Å².